The molecule has 4 heterocycles. The zero-order chi connectivity index (χ0) is 20.1. The molecule has 5 rings (SSSR count). The van der Waals surface area contributed by atoms with Crippen molar-refractivity contribution in [3.05, 3.63) is 35.3 Å². The highest BCUT2D eigenvalue weighted by Gasteiger charge is 2.47. The second-order valence-corrected chi connectivity index (χ2v) is 8.74. The van der Waals surface area contributed by atoms with Crippen LogP contribution in [0.4, 0.5) is 4.39 Å². The molecule has 3 aliphatic rings. The number of para-hydroxylation sites is 1. The van der Waals surface area contributed by atoms with E-state index in [-0.39, 0.29) is 42.1 Å². The van der Waals surface area contributed by atoms with Crippen molar-refractivity contribution in [2.24, 2.45) is 11.8 Å². The Balaban J connectivity index is 0.00000218. The number of aryl methyl sites for hydroxylation is 1. The van der Waals surface area contributed by atoms with Gasteiger partial charge in [0, 0.05) is 30.9 Å². The molecule has 162 valence electrons. The zero-order valence-electron chi connectivity index (χ0n) is 17.0. The van der Waals surface area contributed by atoms with Crippen molar-refractivity contribution in [1.29, 1.82) is 0 Å². The van der Waals surface area contributed by atoms with Gasteiger partial charge in [-0.2, -0.15) is 0 Å². The smallest absolute Gasteiger partial charge is 0.268 e. The number of hydrogen-bond donors (Lipinski definition) is 3. The van der Waals surface area contributed by atoms with Gasteiger partial charge in [0.2, 0.25) is 5.91 Å². The van der Waals surface area contributed by atoms with Gasteiger partial charge in [0.05, 0.1) is 11.6 Å². The van der Waals surface area contributed by atoms with Crippen LogP contribution < -0.4 is 10.6 Å². The van der Waals surface area contributed by atoms with Crippen LogP contribution >= 0.6 is 12.4 Å². The van der Waals surface area contributed by atoms with Gasteiger partial charge < -0.3 is 20.5 Å². The maximum Gasteiger partial charge on any atom is 0.268 e. The number of piperidine rings is 3. The second kappa shape index (κ2) is 8.19. The summed E-state index contributed by atoms with van der Waals surface area (Å²) in [6.07, 6.45) is 3.72. The lowest BCUT2D eigenvalue weighted by Gasteiger charge is -2.54. The van der Waals surface area contributed by atoms with E-state index in [2.05, 4.69) is 20.5 Å². The highest BCUT2D eigenvalue weighted by molar-refractivity contribution is 6.01. The molecule has 6 nitrogen and oxygen atoms in total. The zero-order valence-corrected chi connectivity index (χ0v) is 17.9. The number of carbonyl (C=O) groups excluding carboxylic acids is 2. The third-order valence-corrected chi connectivity index (χ3v) is 7.14. The average Bonchev–Trinajstić information content (AvgIpc) is 3.07. The molecule has 3 saturated heterocycles. The van der Waals surface area contributed by atoms with E-state index in [0.29, 0.717) is 36.0 Å². The maximum atomic E-state index is 14.1. The Morgan fingerprint density at radius 2 is 2.10 bits per heavy atom. The lowest BCUT2D eigenvalue weighted by Crippen LogP contribution is -2.66. The molecule has 3 aliphatic heterocycles. The summed E-state index contributed by atoms with van der Waals surface area (Å²) in [5, 5.41) is 7.27. The van der Waals surface area contributed by atoms with E-state index >= 15 is 0 Å². The van der Waals surface area contributed by atoms with Gasteiger partial charge in [0.15, 0.2) is 0 Å². The van der Waals surface area contributed by atoms with Gasteiger partial charge in [0.1, 0.15) is 11.5 Å². The molecule has 0 unspecified atom stereocenters. The van der Waals surface area contributed by atoms with E-state index in [1.54, 1.807) is 6.07 Å². The van der Waals surface area contributed by atoms with Gasteiger partial charge in [0.25, 0.3) is 5.91 Å². The third-order valence-electron chi connectivity index (χ3n) is 7.14. The van der Waals surface area contributed by atoms with Crippen LogP contribution in [-0.2, 0) is 4.79 Å². The summed E-state index contributed by atoms with van der Waals surface area (Å²) in [6.45, 7) is 4.11. The van der Waals surface area contributed by atoms with Crippen molar-refractivity contribution in [2.75, 3.05) is 19.6 Å². The molecule has 0 spiro atoms. The average molecular weight is 435 g/mol. The fourth-order valence-electron chi connectivity index (χ4n) is 5.73. The molecule has 0 radical (unpaired) electrons. The monoisotopic (exact) mass is 434 g/mol. The summed E-state index contributed by atoms with van der Waals surface area (Å²) < 4.78 is 14.1. The minimum Gasteiger partial charge on any atom is -0.349 e. The Hall–Kier alpha value is -2.12. The SMILES string of the molecule is Cc1c(C(=O)NC[C@H]2[C@@H]3CNC[C@@H](C3)[C@@H]3CCCC(=O)N32)[nH]c2c(F)cccc12.Cl. The van der Waals surface area contributed by atoms with E-state index in [0.717, 1.165) is 43.3 Å². The summed E-state index contributed by atoms with van der Waals surface area (Å²) in [7, 11) is 0. The van der Waals surface area contributed by atoms with Crippen molar-refractivity contribution in [2.45, 2.75) is 44.7 Å². The van der Waals surface area contributed by atoms with Gasteiger partial charge in [-0.1, -0.05) is 12.1 Å². The Labute approximate surface area is 181 Å². The van der Waals surface area contributed by atoms with Crippen molar-refractivity contribution in [1.82, 2.24) is 20.5 Å². The second-order valence-electron chi connectivity index (χ2n) is 8.74. The topological polar surface area (TPSA) is 77.2 Å². The van der Waals surface area contributed by atoms with Crippen LogP contribution in [0.1, 0.15) is 41.7 Å². The number of nitrogens with zero attached hydrogens (tertiary/aromatic N) is 1. The molecular weight excluding hydrogens is 407 g/mol. The number of benzene rings is 1. The Morgan fingerprint density at radius 1 is 1.30 bits per heavy atom. The van der Waals surface area contributed by atoms with Crippen molar-refractivity contribution < 1.29 is 14.0 Å². The highest BCUT2D eigenvalue weighted by Crippen LogP contribution is 2.39. The molecule has 1 aromatic carbocycles. The molecule has 0 aliphatic carbocycles. The number of aromatic amines is 1. The Bertz CT molecular complexity index is 977. The third kappa shape index (κ3) is 3.38. The van der Waals surface area contributed by atoms with E-state index in [4.69, 9.17) is 0 Å². The quantitative estimate of drug-likeness (QED) is 0.695. The number of aromatic nitrogens is 1. The minimum absolute atomic E-state index is 0. The number of H-pyrrole nitrogens is 1. The molecule has 3 fully saturated rings. The number of rotatable bonds is 3. The largest absolute Gasteiger partial charge is 0.349 e. The molecular formula is C22H28ClFN4O2. The van der Waals surface area contributed by atoms with Crippen LogP contribution in [0.5, 0.6) is 0 Å². The summed E-state index contributed by atoms with van der Waals surface area (Å²) in [5.74, 6) is 0.487. The Morgan fingerprint density at radius 3 is 2.90 bits per heavy atom. The first-order chi connectivity index (χ1) is 14.0. The number of amides is 2. The molecule has 2 amide bonds. The van der Waals surface area contributed by atoms with E-state index in [1.165, 1.54) is 6.07 Å². The van der Waals surface area contributed by atoms with Gasteiger partial charge in [-0.25, -0.2) is 4.39 Å². The van der Waals surface area contributed by atoms with Crippen LogP contribution in [0.15, 0.2) is 18.2 Å². The molecule has 30 heavy (non-hydrogen) atoms. The van der Waals surface area contributed by atoms with Crippen molar-refractivity contribution in [3.63, 3.8) is 0 Å². The predicted molar refractivity (Wildman–Crippen MR) is 115 cm³/mol. The number of nitrogens with one attached hydrogen (secondary N) is 3. The summed E-state index contributed by atoms with van der Waals surface area (Å²) in [4.78, 5) is 30.7. The fourth-order valence-corrected chi connectivity index (χ4v) is 5.73. The number of hydrogen-bond acceptors (Lipinski definition) is 3. The molecule has 3 N–H and O–H groups in total. The van der Waals surface area contributed by atoms with Gasteiger partial charge in [-0.15, -0.1) is 12.4 Å². The number of fused-ring (bicyclic) bond motifs is 5. The van der Waals surface area contributed by atoms with Crippen molar-refractivity contribution in [3.8, 4) is 0 Å². The summed E-state index contributed by atoms with van der Waals surface area (Å²) >= 11 is 0. The van der Waals surface area contributed by atoms with Crippen LogP contribution in [0, 0.1) is 24.6 Å². The molecule has 8 heteroatoms. The van der Waals surface area contributed by atoms with Crippen LogP contribution in [0.25, 0.3) is 10.9 Å². The number of carbonyl (C=O) groups is 2. The van der Waals surface area contributed by atoms with Gasteiger partial charge >= 0.3 is 0 Å². The van der Waals surface area contributed by atoms with Gasteiger partial charge in [-0.3, -0.25) is 9.59 Å². The normalized spacial score (nSPS) is 28.1. The molecule has 2 aromatic rings. The fraction of sp³-hybridized carbons (Fsp3) is 0.545. The predicted octanol–water partition coefficient (Wildman–Crippen LogP) is 2.76. The maximum absolute atomic E-state index is 14.1. The van der Waals surface area contributed by atoms with Crippen LogP contribution in [-0.4, -0.2) is 53.4 Å². The minimum atomic E-state index is -0.363. The number of halogens is 2. The molecule has 2 bridgehead atoms. The molecule has 4 atom stereocenters. The van der Waals surface area contributed by atoms with Crippen molar-refractivity contribution >= 4 is 35.1 Å². The Kier molecular flexibility index (Phi) is 5.77. The van der Waals surface area contributed by atoms with E-state index in [9.17, 15) is 14.0 Å². The highest BCUT2D eigenvalue weighted by atomic mass is 35.5. The molecule has 1 aromatic heterocycles. The lowest BCUT2D eigenvalue weighted by molar-refractivity contribution is -0.148. The van der Waals surface area contributed by atoms with Crippen LogP contribution in [0.2, 0.25) is 0 Å². The summed E-state index contributed by atoms with van der Waals surface area (Å²) in [6, 6.07) is 5.15. The van der Waals surface area contributed by atoms with E-state index < -0.39 is 0 Å². The van der Waals surface area contributed by atoms with E-state index in [1.807, 2.05) is 13.0 Å². The lowest BCUT2D eigenvalue weighted by atomic mass is 9.72. The standard InChI is InChI=1S/C22H27FN4O2.ClH/c1-12-15-4-2-5-16(23)21(15)26-20(12)22(29)25-11-18-14-8-13(9-24-10-14)17-6-3-7-19(28)27(17)18;/h2,4-5,13-14,17-18,24,26H,3,6-11H2,1H3,(H,25,29);1H/t13-,14+,17+,18+;/m1./s1. The first-order valence-corrected chi connectivity index (χ1v) is 10.6. The summed E-state index contributed by atoms with van der Waals surface area (Å²) in [5.41, 5.74) is 1.49. The van der Waals surface area contributed by atoms with Gasteiger partial charge in [-0.05, 0) is 56.2 Å². The first-order valence-electron chi connectivity index (χ1n) is 10.6. The molecule has 0 saturated carbocycles. The van der Waals surface area contributed by atoms with Crippen LogP contribution in [0.3, 0.4) is 0 Å². The first kappa shape index (κ1) is 21.1.